The molecule has 2 fully saturated rings. The molecule has 41 heavy (non-hydrogen) atoms. The maximum absolute atomic E-state index is 13.2. The van der Waals surface area contributed by atoms with E-state index in [9.17, 15) is 28.0 Å². The first-order chi connectivity index (χ1) is 19.5. The Labute approximate surface area is 236 Å². The molecular formula is C30H33F3N6O2. The zero-order valence-electron chi connectivity index (χ0n) is 22.9. The van der Waals surface area contributed by atoms with Crippen LogP contribution in [0.4, 0.5) is 19.0 Å². The van der Waals surface area contributed by atoms with E-state index in [0.717, 1.165) is 24.5 Å². The molecule has 2 amide bonds. The molecule has 2 heterocycles. The second-order valence-electron chi connectivity index (χ2n) is 11.4. The maximum atomic E-state index is 13.2. The van der Waals surface area contributed by atoms with Crippen molar-refractivity contribution in [3.63, 3.8) is 0 Å². The number of amides is 2. The Morgan fingerprint density at radius 1 is 1.22 bits per heavy atom. The number of primary amides is 1. The molecule has 11 heteroatoms. The summed E-state index contributed by atoms with van der Waals surface area (Å²) in [7, 11) is 0. The van der Waals surface area contributed by atoms with Crippen LogP contribution >= 0.6 is 0 Å². The zero-order valence-corrected chi connectivity index (χ0v) is 22.9. The summed E-state index contributed by atoms with van der Waals surface area (Å²) in [6, 6.07) is 7.72. The topological polar surface area (TPSA) is 117 Å². The summed E-state index contributed by atoms with van der Waals surface area (Å²) in [6.07, 6.45) is 4.79. The van der Waals surface area contributed by atoms with Crippen molar-refractivity contribution in [2.24, 2.45) is 17.6 Å². The van der Waals surface area contributed by atoms with Crippen LogP contribution in [0.5, 0.6) is 0 Å². The van der Waals surface area contributed by atoms with Crippen molar-refractivity contribution >= 4 is 23.2 Å². The lowest BCUT2D eigenvalue weighted by atomic mass is 9.83. The first-order valence-corrected chi connectivity index (χ1v) is 13.9. The van der Waals surface area contributed by atoms with E-state index in [0.29, 0.717) is 44.5 Å². The van der Waals surface area contributed by atoms with Crippen molar-refractivity contribution in [3.8, 4) is 6.07 Å². The number of nitrogens with one attached hydrogen (secondary N) is 1. The Hall–Kier alpha value is -3.91. The van der Waals surface area contributed by atoms with E-state index in [1.165, 1.54) is 17.7 Å². The second-order valence-corrected chi connectivity index (χ2v) is 11.4. The van der Waals surface area contributed by atoms with Gasteiger partial charge in [-0.1, -0.05) is 36.8 Å². The molecule has 1 aromatic carbocycles. The third-order valence-electron chi connectivity index (χ3n) is 8.47. The number of nitrogens with two attached hydrogens (primary N) is 1. The zero-order chi connectivity index (χ0) is 29.4. The minimum Gasteiger partial charge on any atom is -0.365 e. The molecule has 1 atom stereocenters. The van der Waals surface area contributed by atoms with Gasteiger partial charge in [-0.15, -0.1) is 0 Å². The van der Waals surface area contributed by atoms with Gasteiger partial charge in [-0.3, -0.25) is 19.2 Å². The largest absolute Gasteiger partial charge is 0.416 e. The predicted molar refractivity (Wildman–Crippen MR) is 147 cm³/mol. The molecule has 1 saturated heterocycles. The Bertz CT molecular complexity index is 1440. The number of nitriles is 1. The monoisotopic (exact) mass is 566 g/mol. The minimum atomic E-state index is -4.38. The number of halogens is 3. The summed E-state index contributed by atoms with van der Waals surface area (Å²) in [5.74, 6) is -0.634. The molecule has 0 bridgehead atoms. The van der Waals surface area contributed by atoms with Gasteiger partial charge in [0.1, 0.15) is 5.56 Å². The van der Waals surface area contributed by atoms with Crippen molar-refractivity contribution in [2.75, 3.05) is 25.0 Å². The Morgan fingerprint density at radius 3 is 2.56 bits per heavy atom. The van der Waals surface area contributed by atoms with Crippen molar-refractivity contribution in [2.45, 2.75) is 57.2 Å². The normalized spacial score (nSPS) is 21.0. The van der Waals surface area contributed by atoms with Gasteiger partial charge in [0.25, 0.3) is 5.91 Å². The fraction of sp³-hybridized carbons (Fsp3) is 0.467. The van der Waals surface area contributed by atoms with E-state index in [2.05, 4.69) is 28.3 Å². The summed E-state index contributed by atoms with van der Waals surface area (Å²) < 4.78 is 41.2. The summed E-state index contributed by atoms with van der Waals surface area (Å²) in [5.41, 5.74) is 7.09. The number of hydrogen-bond donors (Lipinski definition) is 2. The fourth-order valence-electron chi connectivity index (χ4n) is 5.69. The van der Waals surface area contributed by atoms with Crippen LogP contribution in [0.2, 0.25) is 0 Å². The third kappa shape index (κ3) is 6.22. The predicted octanol–water partition coefficient (Wildman–Crippen LogP) is 5.10. The molecule has 2 aliphatic carbocycles. The molecule has 8 nitrogen and oxygen atoms in total. The maximum Gasteiger partial charge on any atom is 0.416 e. The summed E-state index contributed by atoms with van der Waals surface area (Å²) >= 11 is 0. The minimum absolute atomic E-state index is 0.0651. The van der Waals surface area contributed by atoms with Crippen molar-refractivity contribution in [3.05, 3.63) is 64.9 Å². The summed E-state index contributed by atoms with van der Waals surface area (Å²) in [5, 5.41) is 16.9. The number of hydrogen-bond acceptors (Lipinski definition) is 5. The molecule has 1 unspecified atom stereocenters. The van der Waals surface area contributed by atoms with E-state index >= 15 is 0 Å². The number of aromatic nitrogens is 2. The number of nitrogens with zero attached hydrogens (tertiary/aromatic N) is 4. The highest BCUT2D eigenvalue weighted by molar-refractivity contribution is 6.02. The van der Waals surface area contributed by atoms with Gasteiger partial charge >= 0.3 is 6.18 Å². The number of carbonyl (C=O) groups excluding carboxylic acids is 2. The van der Waals surface area contributed by atoms with Crippen LogP contribution in [0, 0.1) is 23.2 Å². The van der Waals surface area contributed by atoms with Crippen molar-refractivity contribution in [1.82, 2.24) is 14.7 Å². The van der Waals surface area contributed by atoms with Crippen LogP contribution < -0.4 is 11.1 Å². The smallest absolute Gasteiger partial charge is 0.365 e. The number of likely N-dealkylation sites (tertiary alicyclic amines) is 1. The average Bonchev–Trinajstić information content (AvgIpc) is 3.70. The van der Waals surface area contributed by atoms with Gasteiger partial charge in [0.15, 0.2) is 5.82 Å². The van der Waals surface area contributed by atoms with Gasteiger partial charge in [0, 0.05) is 31.7 Å². The van der Waals surface area contributed by atoms with E-state index in [-0.39, 0.29) is 35.5 Å². The molecule has 2 aromatic rings. The molecule has 216 valence electrons. The number of benzene rings is 1. The third-order valence-corrected chi connectivity index (χ3v) is 8.47. The first-order valence-electron chi connectivity index (χ1n) is 13.9. The lowest BCUT2D eigenvalue weighted by molar-refractivity contribution is -0.137. The number of piperidine rings is 1. The van der Waals surface area contributed by atoms with Crippen molar-refractivity contribution < 1.29 is 22.8 Å². The lowest BCUT2D eigenvalue weighted by Crippen LogP contribution is -2.47. The summed E-state index contributed by atoms with van der Waals surface area (Å²) in [4.78, 5) is 26.7. The quantitative estimate of drug-likeness (QED) is 0.461. The van der Waals surface area contributed by atoms with Gasteiger partial charge in [-0.2, -0.15) is 23.5 Å². The van der Waals surface area contributed by atoms with E-state index in [1.807, 2.05) is 12.2 Å². The highest BCUT2D eigenvalue weighted by Gasteiger charge is 2.39. The molecule has 1 aromatic heterocycles. The standard InChI is InChI=1S/C30H33F3N6O2/c1-19-15-22(21-3-2-4-24(16-21)30(31,32)33)7-8-23(19)17-38-13-10-29(9-12-34,11-14-38)39-18-25(26(35)40)27(37-39)36-28(41)20-5-6-20/h2-4,7-8,16,18-20H,5-6,9-11,13-15,17H2,1H3,(H2,35,40)(H,36,37,41). The van der Waals surface area contributed by atoms with Gasteiger partial charge < -0.3 is 11.1 Å². The number of anilines is 1. The second kappa shape index (κ2) is 11.2. The molecule has 5 rings (SSSR count). The van der Waals surface area contributed by atoms with Gasteiger partial charge in [-0.05, 0) is 61.3 Å². The molecule has 3 aliphatic rings. The molecular weight excluding hydrogens is 533 g/mol. The Morgan fingerprint density at radius 2 is 1.95 bits per heavy atom. The number of alkyl halides is 3. The molecule has 1 aliphatic heterocycles. The fourth-order valence-corrected chi connectivity index (χ4v) is 5.69. The van der Waals surface area contributed by atoms with Crippen LogP contribution in [-0.4, -0.2) is 46.1 Å². The number of allylic oxidation sites excluding steroid dienone is 3. The van der Waals surface area contributed by atoms with E-state index in [4.69, 9.17) is 5.73 Å². The van der Waals surface area contributed by atoms with Crippen LogP contribution in [0.25, 0.3) is 5.57 Å². The Balaban J connectivity index is 1.28. The molecule has 0 spiro atoms. The average molecular weight is 567 g/mol. The van der Waals surface area contributed by atoms with Crippen LogP contribution in [-0.2, 0) is 16.5 Å². The molecule has 1 saturated carbocycles. The van der Waals surface area contributed by atoms with Crippen LogP contribution in [0.3, 0.4) is 0 Å². The van der Waals surface area contributed by atoms with Gasteiger partial charge in [0.05, 0.1) is 23.6 Å². The number of rotatable bonds is 8. The summed E-state index contributed by atoms with van der Waals surface area (Å²) in [6.45, 7) is 4.17. The Kier molecular flexibility index (Phi) is 7.79. The van der Waals surface area contributed by atoms with Gasteiger partial charge in [-0.25, -0.2) is 0 Å². The van der Waals surface area contributed by atoms with Crippen molar-refractivity contribution in [1.29, 1.82) is 5.26 Å². The first kappa shape index (κ1) is 28.6. The highest BCUT2D eigenvalue weighted by Crippen LogP contribution is 2.38. The van der Waals surface area contributed by atoms with Crippen LogP contribution in [0.1, 0.15) is 66.9 Å². The van der Waals surface area contributed by atoms with E-state index in [1.54, 1.807) is 16.9 Å². The molecule has 0 radical (unpaired) electrons. The number of carbonyl (C=O) groups is 2. The van der Waals surface area contributed by atoms with Gasteiger partial charge in [0.2, 0.25) is 5.91 Å². The lowest BCUT2D eigenvalue weighted by Gasteiger charge is -2.41. The highest BCUT2D eigenvalue weighted by atomic mass is 19.4. The van der Waals surface area contributed by atoms with E-state index < -0.39 is 23.2 Å². The SMILES string of the molecule is CC1CC(c2cccc(C(F)(F)F)c2)=CC=C1CN1CCC(CC#N)(n2cc(C(N)=O)c(NC(=O)C3CC3)n2)CC1. The molecule has 3 N–H and O–H groups in total. The van der Waals surface area contributed by atoms with Crippen LogP contribution in [0.15, 0.2) is 48.2 Å².